The highest BCUT2D eigenvalue weighted by Crippen LogP contribution is 2.33. The third-order valence-corrected chi connectivity index (χ3v) is 5.40. The number of hydrogen-bond acceptors (Lipinski definition) is 8. The number of fused-ring (bicyclic) bond motifs is 2. The van der Waals surface area contributed by atoms with Crippen LogP contribution >= 0.6 is 0 Å². The van der Waals surface area contributed by atoms with E-state index in [0.717, 1.165) is 5.56 Å². The lowest BCUT2D eigenvalue weighted by Gasteiger charge is -2.23. The summed E-state index contributed by atoms with van der Waals surface area (Å²) >= 11 is 0. The van der Waals surface area contributed by atoms with Gasteiger partial charge in [0.05, 0.1) is 13.2 Å². The Bertz CT molecular complexity index is 1110. The van der Waals surface area contributed by atoms with Crippen molar-refractivity contribution < 1.29 is 38.1 Å². The Morgan fingerprint density at radius 2 is 1.52 bits per heavy atom. The molecule has 2 aromatic rings. The van der Waals surface area contributed by atoms with Crippen molar-refractivity contribution in [3.63, 3.8) is 0 Å². The van der Waals surface area contributed by atoms with E-state index < -0.39 is 18.0 Å². The maximum Gasteiger partial charge on any atom is 0.309 e. The zero-order valence-electron chi connectivity index (χ0n) is 17.5. The van der Waals surface area contributed by atoms with Crippen molar-refractivity contribution in [1.82, 2.24) is 15.5 Å². The average Bonchev–Trinajstić information content (AvgIpc) is 3.59. The molecular weight excluding hydrogens is 434 g/mol. The number of rotatable bonds is 5. The monoisotopic (exact) mass is 455 g/mol. The minimum Gasteiger partial charge on any atom is -0.454 e. The summed E-state index contributed by atoms with van der Waals surface area (Å²) in [6, 6.07) is 10.2. The summed E-state index contributed by atoms with van der Waals surface area (Å²) in [5.74, 6) is 0.444. The fourth-order valence-corrected chi connectivity index (χ4v) is 3.69. The van der Waals surface area contributed by atoms with Crippen LogP contribution < -0.4 is 29.6 Å². The van der Waals surface area contributed by atoms with Crippen LogP contribution in [-0.2, 0) is 20.9 Å². The van der Waals surface area contributed by atoms with E-state index in [9.17, 15) is 14.4 Å². The van der Waals surface area contributed by atoms with Crippen LogP contribution in [0.4, 0.5) is 0 Å². The number of hydrogen-bond donors (Lipinski definition) is 2. The summed E-state index contributed by atoms with van der Waals surface area (Å²) < 4.78 is 26.7. The Labute approximate surface area is 188 Å². The molecule has 3 aliphatic heterocycles. The van der Waals surface area contributed by atoms with E-state index in [2.05, 4.69) is 10.6 Å². The van der Waals surface area contributed by atoms with Gasteiger partial charge in [-0.2, -0.15) is 0 Å². The van der Waals surface area contributed by atoms with E-state index in [1.807, 2.05) is 0 Å². The Morgan fingerprint density at radius 1 is 0.848 bits per heavy atom. The maximum absolute atomic E-state index is 12.9. The van der Waals surface area contributed by atoms with E-state index in [-0.39, 0.29) is 32.6 Å². The second-order valence-electron chi connectivity index (χ2n) is 7.47. The number of nitrogens with one attached hydrogen (secondary N) is 2. The van der Waals surface area contributed by atoms with Gasteiger partial charge in [0, 0.05) is 18.7 Å². The number of carbonyl (C=O) groups is 3. The smallest absolute Gasteiger partial charge is 0.309 e. The predicted octanol–water partition coefficient (Wildman–Crippen LogP) is 0.375. The summed E-state index contributed by atoms with van der Waals surface area (Å²) in [5.41, 5.74) is 1.18. The van der Waals surface area contributed by atoms with Gasteiger partial charge in [-0.1, -0.05) is 6.07 Å². The molecule has 1 saturated heterocycles. The average molecular weight is 455 g/mol. The van der Waals surface area contributed by atoms with Crippen LogP contribution in [0.15, 0.2) is 36.4 Å². The molecule has 2 aromatic carbocycles. The lowest BCUT2D eigenvalue weighted by atomic mass is 10.1. The molecule has 3 amide bonds. The molecule has 0 unspecified atom stereocenters. The van der Waals surface area contributed by atoms with E-state index in [1.165, 1.54) is 4.90 Å². The molecular formula is C22H21N3O8. The molecule has 0 aromatic heterocycles. The molecule has 0 radical (unpaired) electrons. The van der Waals surface area contributed by atoms with E-state index in [0.29, 0.717) is 41.7 Å². The standard InChI is InChI=1S/C22H21N3O8/c26-20(23-9-13-1-3-15-17(7-13)32-11-30-15)21(27)24-10-19-25(5-6-29-19)22(28)14-2-4-16-18(8-14)33-12-31-16/h1-4,7-8,19H,5-6,9-12H2,(H,23,26)(H,24,27)/t19-/m0/s1. The highest BCUT2D eigenvalue weighted by Gasteiger charge is 2.32. The highest BCUT2D eigenvalue weighted by atomic mass is 16.7. The van der Waals surface area contributed by atoms with Crippen LogP contribution in [0.1, 0.15) is 15.9 Å². The molecule has 5 rings (SSSR count). The Kier molecular flexibility index (Phi) is 5.61. The minimum absolute atomic E-state index is 0.0213. The van der Waals surface area contributed by atoms with Gasteiger partial charge in [-0.15, -0.1) is 0 Å². The largest absolute Gasteiger partial charge is 0.454 e. The highest BCUT2D eigenvalue weighted by molar-refractivity contribution is 6.35. The third-order valence-electron chi connectivity index (χ3n) is 5.40. The molecule has 2 N–H and O–H groups in total. The van der Waals surface area contributed by atoms with Crippen molar-refractivity contribution in [2.75, 3.05) is 33.3 Å². The molecule has 0 saturated carbocycles. The van der Waals surface area contributed by atoms with Gasteiger partial charge in [0.25, 0.3) is 5.91 Å². The molecule has 1 fully saturated rings. The predicted molar refractivity (Wildman–Crippen MR) is 111 cm³/mol. The number of amides is 3. The van der Waals surface area contributed by atoms with Gasteiger partial charge < -0.3 is 39.2 Å². The molecule has 3 heterocycles. The minimum atomic E-state index is -0.818. The fraction of sp³-hybridized carbons (Fsp3) is 0.318. The Morgan fingerprint density at radius 3 is 2.30 bits per heavy atom. The van der Waals surface area contributed by atoms with Crippen LogP contribution in [0.5, 0.6) is 23.0 Å². The van der Waals surface area contributed by atoms with Gasteiger partial charge in [0.1, 0.15) is 6.23 Å². The summed E-state index contributed by atoms with van der Waals surface area (Å²) in [5, 5.41) is 5.08. The van der Waals surface area contributed by atoms with Crippen molar-refractivity contribution in [1.29, 1.82) is 0 Å². The molecule has 0 bridgehead atoms. The van der Waals surface area contributed by atoms with Gasteiger partial charge in [0.15, 0.2) is 23.0 Å². The van der Waals surface area contributed by atoms with Crippen molar-refractivity contribution in [2.45, 2.75) is 12.8 Å². The van der Waals surface area contributed by atoms with Crippen LogP contribution in [-0.4, -0.2) is 62.1 Å². The SMILES string of the molecule is O=C(NCc1ccc2c(c1)OCO2)C(=O)NC[C@@H]1OCCN1C(=O)c1ccc2c(c1)OCO2. The van der Waals surface area contributed by atoms with Crippen molar-refractivity contribution in [2.24, 2.45) is 0 Å². The first-order valence-electron chi connectivity index (χ1n) is 10.4. The Hall–Kier alpha value is -3.99. The van der Waals surface area contributed by atoms with Gasteiger partial charge in [-0.25, -0.2) is 0 Å². The third kappa shape index (κ3) is 4.35. The van der Waals surface area contributed by atoms with Gasteiger partial charge >= 0.3 is 11.8 Å². The number of nitrogens with zero attached hydrogens (tertiary/aromatic N) is 1. The Balaban J connectivity index is 1.12. The van der Waals surface area contributed by atoms with Crippen LogP contribution in [0.25, 0.3) is 0 Å². The molecule has 33 heavy (non-hydrogen) atoms. The molecule has 0 aliphatic carbocycles. The van der Waals surface area contributed by atoms with Crippen LogP contribution in [0, 0.1) is 0 Å². The lowest BCUT2D eigenvalue weighted by molar-refractivity contribution is -0.139. The molecule has 1 atom stereocenters. The van der Waals surface area contributed by atoms with Crippen LogP contribution in [0.3, 0.4) is 0 Å². The van der Waals surface area contributed by atoms with E-state index in [4.69, 9.17) is 23.7 Å². The quantitative estimate of drug-likeness (QED) is 0.620. The molecule has 11 heteroatoms. The summed E-state index contributed by atoms with van der Waals surface area (Å²) in [6.07, 6.45) is -0.687. The topological polar surface area (TPSA) is 125 Å². The molecule has 11 nitrogen and oxygen atoms in total. The fourth-order valence-electron chi connectivity index (χ4n) is 3.69. The van der Waals surface area contributed by atoms with Crippen molar-refractivity contribution in [3.05, 3.63) is 47.5 Å². The molecule has 0 spiro atoms. The number of benzene rings is 2. The second kappa shape index (κ2) is 8.87. The first-order valence-corrected chi connectivity index (χ1v) is 10.4. The number of carbonyl (C=O) groups excluding carboxylic acids is 3. The molecule has 172 valence electrons. The summed E-state index contributed by atoms with van der Waals surface area (Å²) in [7, 11) is 0. The summed E-state index contributed by atoms with van der Waals surface area (Å²) in [6.45, 7) is 1.09. The van der Waals surface area contributed by atoms with E-state index >= 15 is 0 Å². The maximum atomic E-state index is 12.9. The van der Waals surface area contributed by atoms with E-state index in [1.54, 1.807) is 36.4 Å². The second-order valence-corrected chi connectivity index (χ2v) is 7.47. The zero-order valence-corrected chi connectivity index (χ0v) is 17.5. The first kappa shape index (κ1) is 20.9. The van der Waals surface area contributed by atoms with Crippen molar-refractivity contribution in [3.8, 4) is 23.0 Å². The zero-order chi connectivity index (χ0) is 22.8. The van der Waals surface area contributed by atoms with Gasteiger partial charge in [-0.05, 0) is 35.9 Å². The van der Waals surface area contributed by atoms with Crippen LogP contribution in [0.2, 0.25) is 0 Å². The first-order chi connectivity index (χ1) is 16.1. The lowest BCUT2D eigenvalue weighted by Crippen LogP contribution is -2.47. The van der Waals surface area contributed by atoms with Gasteiger partial charge in [-0.3, -0.25) is 14.4 Å². The summed E-state index contributed by atoms with van der Waals surface area (Å²) in [4.78, 5) is 38.8. The number of ether oxygens (including phenoxy) is 5. The van der Waals surface area contributed by atoms with Gasteiger partial charge in [0.2, 0.25) is 13.6 Å². The molecule has 3 aliphatic rings. The van der Waals surface area contributed by atoms with Crippen molar-refractivity contribution >= 4 is 17.7 Å². The normalized spacial score (nSPS) is 17.7.